The van der Waals surface area contributed by atoms with E-state index >= 15 is 0 Å². The Bertz CT molecular complexity index is 434. The van der Waals surface area contributed by atoms with Gasteiger partial charge in [-0.05, 0) is 25.8 Å². The molecule has 21 heavy (non-hydrogen) atoms. The van der Waals surface area contributed by atoms with Crippen molar-refractivity contribution in [3.8, 4) is 0 Å². The molecule has 1 atom stereocenters. The van der Waals surface area contributed by atoms with Gasteiger partial charge in [0.2, 0.25) is 0 Å². The fourth-order valence-corrected chi connectivity index (χ4v) is 1.65. The topological polar surface area (TPSA) is 59.6 Å². The van der Waals surface area contributed by atoms with E-state index in [2.05, 4.69) is 35.9 Å². The van der Waals surface area contributed by atoms with Crippen molar-refractivity contribution in [2.24, 2.45) is 10.7 Å². The van der Waals surface area contributed by atoms with Crippen LogP contribution in [0.1, 0.15) is 31.9 Å². The van der Waals surface area contributed by atoms with Crippen molar-refractivity contribution < 1.29 is 4.74 Å². The number of hydrogen-bond donors (Lipinski definition) is 2. The number of rotatable bonds is 8. The third kappa shape index (κ3) is 9.47. The van der Waals surface area contributed by atoms with E-state index in [0.717, 1.165) is 18.5 Å². The molecule has 1 aromatic carbocycles. The van der Waals surface area contributed by atoms with Gasteiger partial charge in [0.25, 0.3) is 0 Å². The van der Waals surface area contributed by atoms with Crippen LogP contribution < -0.4 is 11.1 Å². The van der Waals surface area contributed by atoms with Crippen LogP contribution in [0.25, 0.3) is 0 Å². The standard InChI is InChI=1S/C16H25N3O.HI/c1-13(2)12-19-16(17)18-10-7-11-20-14(3)15-8-5-4-6-9-15;/h4-6,8-9,14H,1,7,10-12H2,2-3H3,(H3,17,18,19);1H. The number of aliphatic imine (C=N–C) groups is 1. The number of hydrogen-bond acceptors (Lipinski definition) is 2. The molecule has 0 radical (unpaired) electrons. The Balaban J connectivity index is 0.00000400. The van der Waals surface area contributed by atoms with E-state index in [1.807, 2.05) is 25.1 Å². The molecule has 0 fully saturated rings. The summed E-state index contributed by atoms with van der Waals surface area (Å²) in [5, 5.41) is 3.06. The third-order valence-corrected chi connectivity index (χ3v) is 2.78. The first kappa shape index (κ1) is 19.9. The quantitative estimate of drug-likeness (QED) is 0.230. The van der Waals surface area contributed by atoms with E-state index in [-0.39, 0.29) is 30.1 Å². The molecule has 0 amide bonds. The van der Waals surface area contributed by atoms with Crippen molar-refractivity contribution in [3.63, 3.8) is 0 Å². The van der Waals surface area contributed by atoms with Crippen LogP contribution in [-0.2, 0) is 4.74 Å². The molecule has 5 heteroatoms. The van der Waals surface area contributed by atoms with Gasteiger partial charge in [-0.1, -0.05) is 42.5 Å². The van der Waals surface area contributed by atoms with Gasteiger partial charge in [-0.25, -0.2) is 4.99 Å². The third-order valence-electron chi connectivity index (χ3n) is 2.78. The molecule has 1 rings (SSSR count). The SMILES string of the molecule is C=C(C)CN=C(N)NCCCOC(C)c1ccccc1.I. The summed E-state index contributed by atoms with van der Waals surface area (Å²) in [5.74, 6) is 0.462. The zero-order valence-corrected chi connectivity index (χ0v) is 15.2. The van der Waals surface area contributed by atoms with Gasteiger partial charge < -0.3 is 15.8 Å². The lowest BCUT2D eigenvalue weighted by Gasteiger charge is -2.13. The highest BCUT2D eigenvalue weighted by atomic mass is 127. The van der Waals surface area contributed by atoms with E-state index < -0.39 is 0 Å². The van der Waals surface area contributed by atoms with Crippen molar-refractivity contribution in [2.75, 3.05) is 19.7 Å². The summed E-state index contributed by atoms with van der Waals surface area (Å²) in [4.78, 5) is 4.15. The molecule has 1 aromatic rings. The Hall–Kier alpha value is -1.08. The van der Waals surface area contributed by atoms with E-state index in [4.69, 9.17) is 10.5 Å². The van der Waals surface area contributed by atoms with E-state index in [9.17, 15) is 0 Å². The fraction of sp³-hybridized carbons (Fsp3) is 0.438. The molecule has 0 saturated heterocycles. The largest absolute Gasteiger partial charge is 0.374 e. The molecule has 0 spiro atoms. The van der Waals surface area contributed by atoms with Gasteiger partial charge in [0.15, 0.2) is 5.96 Å². The Kier molecular flexibility index (Phi) is 11.0. The first-order chi connectivity index (χ1) is 9.59. The van der Waals surface area contributed by atoms with Crippen molar-refractivity contribution in [3.05, 3.63) is 48.0 Å². The molecule has 0 saturated carbocycles. The maximum Gasteiger partial charge on any atom is 0.188 e. The second kappa shape index (κ2) is 11.6. The van der Waals surface area contributed by atoms with Crippen LogP contribution in [0, 0.1) is 0 Å². The van der Waals surface area contributed by atoms with Gasteiger partial charge in [-0.3, -0.25) is 0 Å². The Morgan fingerprint density at radius 1 is 1.38 bits per heavy atom. The van der Waals surface area contributed by atoms with Crippen LogP contribution in [0.4, 0.5) is 0 Å². The normalized spacial score (nSPS) is 12.4. The predicted molar refractivity (Wildman–Crippen MR) is 100 cm³/mol. The molecule has 0 aliphatic carbocycles. The number of nitrogens with one attached hydrogen (secondary N) is 1. The van der Waals surface area contributed by atoms with Crippen LogP contribution in [0.2, 0.25) is 0 Å². The predicted octanol–water partition coefficient (Wildman–Crippen LogP) is 3.25. The van der Waals surface area contributed by atoms with Crippen LogP contribution in [0.3, 0.4) is 0 Å². The van der Waals surface area contributed by atoms with Crippen LogP contribution in [0.5, 0.6) is 0 Å². The van der Waals surface area contributed by atoms with E-state index in [0.29, 0.717) is 19.1 Å². The summed E-state index contributed by atoms with van der Waals surface area (Å²) in [7, 11) is 0. The lowest BCUT2D eigenvalue weighted by molar-refractivity contribution is 0.0646. The lowest BCUT2D eigenvalue weighted by atomic mass is 10.1. The highest BCUT2D eigenvalue weighted by molar-refractivity contribution is 14.0. The minimum Gasteiger partial charge on any atom is -0.374 e. The highest BCUT2D eigenvalue weighted by Gasteiger charge is 2.03. The number of benzene rings is 1. The molecule has 0 heterocycles. The zero-order valence-electron chi connectivity index (χ0n) is 12.8. The minimum absolute atomic E-state index is 0. The first-order valence-electron chi connectivity index (χ1n) is 6.94. The summed E-state index contributed by atoms with van der Waals surface area (Å²) >= 11 is 0. The zero-order chi connectivity index (χ0) is 14.8. The Morgan fingerprint density at radius 3 is 2.67 bits per heavy atom. The molecule has 118 valence electrons. The molecular formula is C16H26IN3O. The number of guanidine groups is 1. The monoisotopic (exact) mass is 403 g/mol. The fourth-order valence-electron chi connectivity index (χ4n) is 1.65. The van der Waals surface area contributed by atoms with Crippen LogP contribution >= 0.6 is 24.0 Å². The smallest absolute Gasteiger partial charge is 0.188 e. The number of ether oxygens (including phenoxy) is 1. The summed E-state index contributed by atoms with van der Waals surface area (Å²) in [6.45, 7) is 9.78. The molecule has 0 bridgehead atoms. The molecular weight excluding hydrogens is 377 g/mol. The average Bonchev–Trinajstić information content (AvgIpc) is 2.45. The summed E-state index contributed by atoms with van der Waals surface area (Å²) in [5.41, 5.74) is 7.90. The maximum atomic E-state index is 5.77. The average molecular weight is 403 g/mol. The van der Waals surface area contributed by atoms with Gasteiger partial charge >= 0.3 is 0 Å². The Morgan fingerprint density at radius 2 is 2.05 bits per heavy atom. The highest BCUT2D eigenvalue weighted by Crippen LogP contribution is 2.15. The second-order valence-electron chi connectivity index (χ2n) is 4.86. The summed E-state index contributed by atoms with van der Waals surface area (Å²) in [6, 6.07) is 10.2. The number of halogens is 1. The van der Waals surface area contributed by atoms with Crippen molar-refractivity contribution in [1.82, 2.24) is 5.32 Å². The summed E-state index contributed by atoms with van der Waals surface area (Å²) < 4.78 is 5.77. The van der Waals surface area contributed by atoms with Crippen molar-refractivity contribution in [2.45, 2.75) is 26.4 Å². The maximum absolute atomic E-state index is 5.77. The first-order valence-corrected chi connectivity index (χ1v) is 6.94. The van der Waals surface area contributed by atoms with E-state index in [1.54, 1.807) is 0 Å². The number of nitrogens with two attached hydrogens (primary N) is 1. The van der Waals surface area contributed by atoms with Gasteiger partial charge in [-0.2, -0.15) is 0 Å². The van der Waals surface area contributed by atoms with Gasteiger partial charge in [0, 0.05) is 13.2 Å². The van der Waals surface area contributed by atoms with E-state index in [1.165, 1.54) is 5.56 Å². The Labute approximate surface area is 144 Å². The molecule has 0 aliphatic rings. The summed E-state index contributed by atoms with van der Waals surface area (Å²) in [6.07, 6.45) is 1.01. The lowest BCUT2D eigenvalue weighted by Crippen LogP contribution is -2.33. The van der Waals surface area contributed by atoms with Gasteiger partial charge in [-0.15, -0.1) is 24.0 Å². The van der Waals surface area contributed by atoms with Crippen LogP contribution in [0.15, 0.2) is 47.5 Å². The molecule has 0 aliphatic heterocycles. The molecule has 1 unspecified atom stereocenters. The molecule has 4 nitrogen and oxygen atoms in total. The number of nitrogens with zero attached hydrogens (tertiary/aromatic N) is 1. The van der Waals surface area contributed by atoms with Crippen LogP contribution in [-0.4, -0.2) is 25.7 Å². The minimum atomic E-state index is 0. The van der Waals surface area contributed by atoms with Gasteiger partial charge in [0.1, 0.15) is 0 Å². The molecule has 3 N–H and O–H groups in total. The van der Waals surface area contributed by atoms with Crippen molar-refractivity contribution in [1.29, 1.82) is 0 Å². The van der Waals surface area contributed by atoms with Gasteiger partial charge in [0.05, 0.1) is 12.6 Å². The van der Waals surface area contributed by atoms with Crippen molar-refractivity contribution >= 4 is 29.9 Å². The molecule has 0 aromatic heterocycles. The second-order valence-corrected chi connectivity index (χ2v) is 4.86.